The summed E-state index contributed by atoms with van der Waals surface area (Å²) in [7, 11) is 0. The lowest BCUT2D eigenvalue weighted by atomic mass is 9.92. The fraction of sp³-hybridized carbons (Fsp3) is 0.727. The van der Waals surface area contributed by atoms with Crippen molar-refractivity contribution in [2.24, 2.45) is 0 Å². The van der Waals surface area contributed by atoms with Crippen LogP contribution in [-0.4, -0.2) is 21.8 Å². The minimum absolute atomic E-state index is 0.207. The van der Waals surface area contributed by atoms with Crippen LogP contribution in [-0.2, 0) is 4.79 Å². The highest BCUT2D eigenvalue weighted by Gasteiger charge is 2.25. The third-order valence-corrected chi connectivity index (χ3v) is 2.15. The minimum Gasteiger partial charge on any atom is -0.481 e. The fourth-order valence-electron chi connectivity index (χ4n) is 1.48. The molecule has 0 heterocycles. The Morgan fingerprint density at radius 1 is 1.43 bits per heavy atom. The molecule has 0 aromatic rings. The van der Waals surface area contributed by atoms with Gasteiger partial charge in [0.15, 0.2) is 0 Å². The Morgan fingerprint density at radius 2 is 2.07 bits per heavy atom. The predicted octanol–water partition coefficient (Wildman–Crippen LogP) is 2.35. The van der Waals surface area contributed by atoms with Gasteiger partial charge in [0.2, 0.25) is 0 Å². The van der Waals surface area contributed by atoms with Gasteiger partial charge in [0.05, 0.1) is 12.0 Å². The summed E-state index contributed by atoms with van der Waals surface area (Å²) in [6, 6.07) is 0. The van der Waals surface area contributed by atoms with Crippen molar-refractivity contribution in [3.8, 4) is 0 Å². The molecule has 0 aliphatic rings. The van der Waals surface area contributed by atoms with Crippen LogP contribution in [0.3, 0.4) is 0 Å². The van der Waals surface area contributed by atoms with Gasteiger partial charge in [0.1, 0.15) is 0 Å². The van der Waals surface area contributed by atoms with Crippen molar-refractivity contribution >= 4 is 5.97 Å². The average Bonchev–Trinajstić information content (AvgIpc) is 2.03. The molecule has 0 rings (SSSR count). The second-order valence-electron chi connectivity index (χ2n) is 3.63. The lowest BCUT2D eigenvalue weighted by Gasteiger charge is -2.22. The van der Waals surface area contributed by atoms with Crippen molar-refractivity contribution < 1.29 is 15.0 Å². The highest BCUT2D eigenvalue weighted by Crippen LogP contribution is 2.21. The van der Waals surface area contributed by atoms with Crippen LogP contribution in [0.15, 0.2) is 12.2 Å². The number of aliphatic hydroxyl groups is 1. The van der Waals surface area contributed by atoms with E-state index in [9.17, 15) is 9.90 Å². The van der Waals surface area contributed by atoms with Gasteiger partial charge in [-0.3, -0.25) is 4.79 Å². The van der Waals surface area contributed by atoms with E-state index in [1.165, 1.54) is 0 Å². The first kappa shape index (κ1) is 13.2. The van der Waals surface area contributed by atoms with Crippen molar-refractivity contribution in [1.29, 1.82) is 0 Å². The summed E-state index contributed by atoms with van der Waals surface area (Å²) in [6.45, 7) is 3.86. The number of carboxylic acids is 1. The van der Waals surface area contributed by atoms with Crippen LogP contribution in [0.4, 0.5) is 0 Å². The maximum Gasteiger partial charge on any atom is 0.306 e. The van der Waals surface area contributed by atoms with E-state index in [0.717, 1.165) is 19.3 Å². The molecule has 0 saturated heterocycles. The van der Waals surface area contributed by atoms with E-state index in [1.807, 2.05) is 0 Å². The predicted molar refractivity (Wildman–Crippen MR) is 56.2 cm³/mol. The average molecular weight is 200 g/mol. The highest BCUT2D eigenvalue weighted by atomic mass is 16.4. The number of carboxylic acid groups (broad SMARTS) is 1. The number of hydrogen-bond acceptors (Lipinski definition) is 2. The van der Waals surface area contributed by atoms with Crippen LogP contribution in [0.2, 0.25) is 0 Å². The number of allylic oxidation sites excluding steroid dienone is 1. The molecular formula is C11H20O3. The zero-order valence-corrected chi connectivity index (χ0v) is 8.99. The number of unbranched alkanes of at least 4 members (excludes halogenated alkanes) is 2. The van der Waals surface area contributed by atoms with Crippen LogP contribution >= 0.6 is 0 Å². The van der Waals surface area contributed by atoms with E-state index >= 15 is 0 Å². The van der Waals surface area contributed by atoms with Crippen molar-refractivity contribution in [3.63, 3.8) is 0 Å². The van der Waals surface area contributed by atoms with E-state index in [0.29, 0.717) is 6.42 Å². The third-order valence-electron chi connectivity index (χ3n) is 2.15. The molecular weight excluding hydrogens is 180 g/mol. The largest absolute Gasteiger partial charge is 0.481 e. The molecule has 3 nitrogen and oxygen atoms in total. The topological polar surface area (TPSA) is 57.5 Å². The molecule has 1 unspecified atom stereocenters. The molecule has 0 aliphatic carbocycles. The van der Waals surface area contributed by atoms with Crippen molar-refractivity contribution in [2.45, 2.75) is 51.6 Å². The molecule has 0 fully saturated rings. The first-order valence-electron chi connectivity index (χ1n) is 5.12. The van der Waals surface area contributed by atoms with Crippen molar-refractivity contribution in [3.05, 3.63) is 12.2 Å². The zero-order chi connectivity index (χ0) is 11.0. The molecule has 0 saturated carbocycles. The van der Waals surface area contributed by atoms with Crippen LogP contribution in [0, 0.1) is 0 Å². The summed E-state index contributed by atoms with van der Waals surface area (Å²) in [5.41, 5.74) is -1.16. The van der Waals surface area contributed by atoms with E-state index in [-0.39, 0.29) is 6.42 Å². The summed E-state index contributed by atoms with van der Waals surface area (Å²) >= 11 is 0. The molecule has 0 bridgehead atoms. The Hall–Kier alpha value is -0.830. The van der Waals surface area contributed by atoms with Gasteiger partial charge in [-0.1, -0.05) is 38.3 Å². The quantitative estimate of drug-likeness (QED) is 0.490. The van der Waals surface area contributed by atoms with Crippen LogP contribution in [0.1, 0.15) is 46.0 Å². The standard InChI is InChI=1S/C11H20O3/c1-3-5-6-8-11(14,7-4-2)9-10(12)13/h4,7,14H,3,5-6,8-9H2,1-2H3,(H,12,13)/b7-4+. The molecule has 0 spiro atoms. The Morgan fingerprint density at radius 3 is 2.50 bits per heavy atom. The molecule has 3 heteroatoms. The van der Waals surface area contributed by atoms with Gasteiger partial charge in [-0.05, 0) is 13.3 Å². The van der Waals surface area contributed by atoms with Gasteiger partial charge in [-0.2, -0.15) is 0 Å². The van der Waals surface area contributed by atoms with E-state index in [4.69, 9.17) is 5.11 Å². The Kier molecular flexibility index (Phi) is 6.21. The van der Waals surface area contributed by atoms with Gasteiger partial charge in [0, 0.05) is 0 Å². The van der Waals surface area contributed by atoms with Crippen molar-refractivity contribution in [1.82, 2.24) is 0 Å². The smallest absolute Gasteiger partial charge is 0.306 e. The fourth-order valence-corrected chi connectivity index (χ4v) is 1.48. The summed E-state index contributed by atoms with van der Waals surface area (Å²) in [5.74, 6) is -0.956. The SMILES string of the molecule is C/C=C/C(O)(CCCCC)CC(=O)O. The molecule has 14 heavy (non-hydrogen) atoms. The molecule has 0 aromatic heterocycles. The molecule has 1 atom stereocenters. The lowest BCUT2D eigenvalue weighted by Crippen LogP contribution is -2.29. The molecule has 0 amide bonds. The second-order valence-corrected chi connectivity index (χ2v) is 3.63. The first-order chi connectivity index (χ1) is 6.54. The van der Waals surface area contributed by atoms with Crippen LogP contribution in [0.5, 0.6) is 0 Å². The maximum absolute atomic E-state index is 10.5. The van der Waals surface area contributed by atoms with Gasteiger partial charge in [0.25, 0.3) is 0 Å². The lowest BCUT2D eigenvalue weighted by molar-refractivity contribution is -0.141. The maximum atomic E-state index is 10.5. The molecule has 0 radical (unpaired) electrons. The summed E-state index contributed by atoms with van der Waals surface area (Å²) in [4.78, 5) is 10.5. The third kappa shape index (κ3) is 5.75. The summed E-state index contributed by atoms with van der Waals surface area (Å²) < 4.78 is 0. The first-order valence-corrected chi connectivity index (χ1v) is 5.12. The van der Waals surface area contributed by atoms with Crippen LogP contribution < -0.4 is 0 Å². The molecule has 82 valence electrons. The monoisotopic (exact) mass is 200 g/mol. The minimum atomic E-state index is -1.16. The zero-order valence-electron chi connectivity index (χ0n) is 8.99. The Balaban J connectivity index is 4.16. The summed E-state index contributed by atoms with van der Waals surface area (Å²) in [6.07, 6.45) is 6.56. The normalized spacial score (nSPS) is 15.6. The van der Waals surface area contributed by atoms with Gasteiger partial charge in [-0.25, -0.2) is 0 Å². The Bertz CT molecular complexity index is 199. The number of aliphatic carboxylic acids is 1. The number of rotatable bonds is 7. The Labute approximate surface area is 85.4 Å². The van der Waals surface area contributed by atoms with Crippen LogP contribution in [0.25, 0.3) is 0 Å². The summed E-state index contributed by atoms with van der Waals surface area (Å²) in [5, 5.41) is 18.6. The molecule has 0 aromatic carbocycles. The second kappa shape index (κ2) is 6.60. The van der Waals surface area contributed by atoms with E-state index in [1.54, 1.807) is 19.1 Å². The van der Waals surface area contributed by atoms with Crippen molar-refractivity contribution in [2.75, 3.05) is 0 Å². The highest BCUT2D eigenvalue weighted by molar-refractivity contribution is 5.68. The van der Waals surface area contributed by atoms with E-state index in [2.05, 4.69) is 6.92 Å². The molecule has 2 N–H and O–H groups in total. The van der Waals surface area contributed by atoms with Gasteiger partial charge in [-0.15, -0.1) is 0 Å². The molecule has 0 aliphatic heterocycles. The van der Waals surface area contributed by atoms with Gasteiger partial charge >= 0.3 is 5.97 Å². The van der Waals surface area contributed by atoms with E-state index < -0.39 is 11.6 Å². The number of carbonyl (C=O) groups is 1. The van der Waals surface area contributed by atoms with Gasteiger partial charge < -0.3 is 10.2 Å². The number of hydrogen-bond donors (Lipinski definition) is 2.